The number of hydrogen-bond acceptors (Lipinski definition) is 1. The number of aromatic nitrogens is 2. The Morgan fingerprint density at radius 1 is 1.41 bits per heavy atom. The van der Waals surface area contributed by atoms with Crippen molar-refractivity contribution in [1.82, 2.24) is 9.55 Å². The second kappa shape index (κ2) is 5.32. The van der Waals surface area contributed by atoms with E-state index in [-0.39, 0.29) is 10.8 Å². The average molecular weight is 253 g/mol. The number of aryl methyl sites for hydroxylation is 1. The SMILES string of the molecule is CCCc1nccn1Cc1cccc(Cl)c1F. The molecule has 0 aliphatic rings. The minimum absolute atomic E-state index is 0.166. The van der Waals surface area contributed by atoms with Crippen LogP contribution in [0, 0.1) is 5.82 Å². The minimum atomic E-state index is -0.342. The Bertz CT molecular complexity index is 508. The fraction of sp³-hybridized carbons (Fsp3) is 0.308. The lowest BCUT2D eigenvalue weighted by atomic mass is 10.2. The average Bonchev–Trinajstić information content (AvgIpc) is 2.73. The summed E-state index contributed by atoms with van der Waals surface area (Å²) < 4.78 is 15.7. The molecule has 0 unspecified atom stereocenters. The Labute approximate surface area is 105 Å². The van der Waals surface area contributed by atoms with Crippen LogP contribution in [-0.2, 0) is 13.0 Å². The van der Waals surface area contributed by atoms with Gasteiger partial charge in [-0.05, 0) is 12.5 Å². The Morgan fingerprint density at radius 3 is 3.00 bits per heavy atom. The number of imidazole rings is 1. The number of benzene rings is 1. The molecule has 0 fully saturated rings. The molecular weight excluding hydrogens is 239 g/mol. The van der Waals surface area contributed by atoms with E-state index in [0.29, 0.717) is 12.1 Å². The maximum atomic E-state index is 13.7. The molecule has 2 aromatic rings. The third-order valence-electron chi connectivity index (χ3n) is 2.65. The Kier molecular flexibility index (Phi) is 3.79. The van der Waals surface area contributed by atoms with Crippen LogP contribution in [0.25, 0.3) is 0 Å². The predicted octanol–water partition coefficient (Wildman–Crippen LogP) is 3.68. The molecule has 0 atom stereocenters. The molecule has 0 aliphatic carbocycles. The third-order valence-corrected chi connectivity index (χ3v) is 2.94. The smallest absolute Gasteiger partial charge is 0.146 e. The van der Waals surface area contributed by atoms with Crippen molar-refractivity contribution in [2.75, 3.05) is 0 Å². The summed E-state index contributed by atoms with van der Waals surface area (Å²) in [5, 5.41) is 0.166. The summed E-state index contributed by atoms with van der Waals surface area (Å²) in [5.41, 5.74) is 0.591. The summed E-state index contributed by atoms with van der Waals surface area (Å²) in [6, 6.07) is 5.06. The van der Waals surface area contributed by atoms with Crippen LogP contribution in [0.2, 0.25) is 5.02 Å². The van der Waals surface area contributed by atoms with Gasteiger partial charge in [-0.2, -0.15) is 0 Å². The summed E-state index contributed by atoms with van der Waals surface area (Å²) in [6.45, 7) is 2.57. The molecule has 0 saturated heterocycles. The van der Waals surface area contributed by atoms with Gasteiger partial charge in [0.1, 0.15) is 11.6 Å². The van der Waals surface area contributed by atoms with Crippen molar-refractivity contribution in [3.8, 4) is 0 Å². The predicted molar refractivity (Wildman–Crippen MR) is 66.7 cm³/mol. The minimum Gasteiger partial charge on any atom is -0.330 e. The molecule has 0 bridgehead atoms. The van der Waals surface area contributed by atoms with Gasteiger partial charge in [-0.1, -0.05) is 30.7 Å². The number of halogens is 2. The van der Waals surface area contributed by atoms with E-state index in [9.17, 15) is 4.39 Å². The van der Waals surface area contributed by atoms with Crippen LogP contribution in [-0.4, -0.2) is 9.55 Å². The van der Waals surface area contributed by atoms with Gasteiger partial charge in [-0.15, -0.1) is 0 Å². The first-order chi connectivity index (χ1) is 8.22. The van der Waals surface area contributed by atoms with E-state index >= 15 is 0 Å². The molecule has 2 nitrogen and oxygen atoms in total. The Morgan fingerprint density at radius 2 is 2.24 bits per heavy atom. The van der Waals surface area contributed by atoms with Gasteiger partial charge in [0.15, 0.2) is 0 Å². The van der Waals surface area contributed by atoms with Gasteiger partial charge in [0.2, 0.25) is 0 Å². The first-order valence-corrected chi connectivity index (χ1v) is 6.03. The van der Waals surface area contributed by atoms with Gasteiger partial charge in [0.25, 0.3) is 0 Å². The fourth-order valence-electron chi connectivity index (χ4n) is 1.79. The fourth-order valence-corrected chi connectivity index (χ4v) is 1.98. The maximum Gasteiger partial charge on any atom is 0.146 e. The second-order valence-electron chi connectivity index (χ2n) is 3.93. The van der Waals surface area contributed by atoms with Gasteiger partial charge in [0, 0.05) is 24.4 Å². The lowest BCUT2D eigenvalue weighted by Gasteiger charge is -2.08. The van der Waals surface area contributed by atoms with Crippen molar-refractivity contribution >= 4 is 11.6 Å². The molecule has 1 aromatic heterocycles. The van der Waals surface area contributed by atoms with E-state index in [1.54, 1.807) is 24.4 Å². The highest BCUT2D eigenvalue weighted by Crippen LogP contribution is 2.19. The van der Waals surface area contributed by atoms with Crippen LogP contribution in [0.15, 0.2) is 30.6 Å². The van der Waals surface area contributed by atoms with E-state index in [1.165, 1.54) is 0 Å². The number of nitrogens with zero attached hydrogens (tertiary/aromatic N) is 2. The lowest BCUT2D eigenvalue weighted by Crippen LogP contribution is -2.05. The quantitative estimate of drug-likeness (QED) is 0.812. The highest BCUT2D eigenvalue weighted by Gasteiger charge is 2.08. The molecule has 0 aliphatic heterocycles. The normalized spacial score (nSPS) is 10.8. The Balaban J connectivity index is 2.25. The highest BCUT2D eigenvalue weighted by atomic mass is 35.5. The second-order valence-corrected chi connectivity index (χ2v) is 4.34. The molecule has 90 valence electrons. The molecule has 0 N–H and O–H groups in total. The van der Waals surface area contributed by atoms with Gasteiger partial charge in [-0.25, -0.2) is 9.37 Å². The van der Waals surface area contributed by atoms with E-state index < -0.39 is 0 Å². The van der Waals surface area contributed by atoms with Crippen LogP contribution in [0.3, 0.4) is 0 Å². The first-order valence-electron chi connectivity index (χ1n) is 5.65. The maximum absolute atomic E-state index is 13.7. The number of hydrogen-bond donors (Lipinski definition) is 0. The highest BCUT2D eigenvalue weighted by molar-refractivity contribution is 6.30. The van der Waals surface area contributed by atoms with E-state index in [4.69, 9.17) is 11.6 Å². The molecule has 4 heteroatoms. The Hall–Kier alpha value is -1.35. The zero-order chi connectivity index (χ0) is 12.3. The van der Waals surface area contributed by atoms with Crippen molar-refractivity contribution in [2.45, 2.75) is 26.3 Å². The van der Waals surface area contributed by atoms with Gasteiger partial charge >= 0.3 is 0 Å². The summed E-state index contributed by atoms with van der Waals surface area (Å²) in [7, 11) is 0. The van der Waals surface area contributed by atoms with Gasteiger partial charge in [0.05, 0.1) is 11.6 Å². The van der Waals surface area contributed by atoms with Gasteiger partial charge in [-0.3, -0.25) is 0 Å². The molecule has 2 rings (SSSR count). The van der Waals surface area contributed by atoms with Crippen LogP contribution in [0.4, 0.5) is 4.39 Å². The molecule has 0 spiro atoms. The topological polar surface area (TPSA) is 17.8 Å². The number of rotatable bonds is 4. The summed E-state index contributed by atoms with van der Waals surface area (Å²) in [5.74, 6) is 0.636. The van der Waals surface area contributed by atoms with E-state index in [1.807, 2.05) is 10.8 Å². The van der Waals surface area contributed by atoms with Crippen LogP contribution >= 0.6 is 11.6 Å². The van der Waals surface area contributed by atoms with Crippen LogP contribution in [0.1, 0.15) is 24.7 Å². The lowest BCUT2D eigenvalue weighted by molar-refractivity contribution is 0.593. The van der Waals surface area contributed by atoms with E-state index in [2.05, 4.69) is 11.9 Å². The largest absolute Gasteiger partial charge is 0.330 e. The first kappa shape index (κ1) is 12.1. The monoisotopic (exact) mass is 252 g/mol. The van der Waals surface area contributed by atoms with Crippen molar-refractivity contribution in [3.63, 3.8) is 0 Å². The van der Waals surface area contributed by atoms with Crippen molar-refractivity contribution < 1.29 is 4.39 Å². The molecule has 0 amide bonds. The van der Waals surface area contributed by atoms with Crippen LogP contribution in [0.5, 0.6) is 0 Å². The molecule has 0 saturated carbocycles. The molecular formula is C13H14ClFN2. The molecule has 0 radical (unpaired) electrons. The van der Waals surface area contributed by atoms with Crippen molar-refractivity contribution in [3.05, 3.63) is 52.8 Å². The zero-order valence-corrected chi connectivity index (χ0v) is 10.4. The zero-order valence-electron chi connectivity index (χ0n) is 9.66. The van der Waals surface area contributed by atoms with E-state index in [0.717, 1.165) is 18.7 Å². The van der Waals surface area contributed by atoms with Crippen molar-refractivity contribution in [2.24, 2.45) is 0 Å². The van der Waals surface area contributed by atoms with Gasteiger partial charge < -0.3 is 4.57 Å². The summed E-state index contributed by atoms with van der Waals surface area (Å²) in [6.07, 6.45) is 5.53. The summed E-state index contributed by atoms with van der Waals surface area (Å²) in [4.78, 5) is 4.26. The van der Waals surface area contributed by atoms with Crippen molar-refractivity contribution in [1.29, 1.82) is 0 Å². The molecule has 1 aromatic carbocycles. The molecule has 17 heavy (non-hydrogen) atoms. The summed E-state index contributed by atoms with van der Waals surface area (Å²) >= 11 is 5.76. The standard InChI is InChI=1S/C13H14ClFN2/c1-2-4-12-16-7-8-17(12)9-10-5-3-6-11(14)13(10)15/h3,5-8H,2,4,9H2,1H3. The third kappa shape index (κ3) is 2.67. The van der Waals surface area contributed by atoms with Crippen LogP contribution < -0.4 is 0 Å². The molecule has 1 heterocycles.